The van der Waals surface area contributed by atoms with Gasteiger partial charge in [-0.1, -0.05) is 0 Å². The van der Waals surface area contributed by atoms with E-state index in [1.165, 1.54) is 24.3 Å². The van der Waals surface area contributed by atoms with Gasteiger partial charge in [0.05, 0.1) is 7.11 Å². The standard InChI is InChI=1S/C21H23FN2O3/c1-15-14-17(6-9-19(15)27-2)21(26)24-11-3-10-23(12-13-24)20(25)16-4-7-18(22)8-5-16/h4-9,14H,3,10-13H2,1-2H3. The summed E-state index contributed by atoms with van der Waals surface area (Å²) >= 11 is 0. The molecule has 1 aliphatic rings. The van der Waals surface area contributed by atoms with Crippen molar-refractivity contribution in [2.24, 2.45) is 0 Å². The molecule has 0 aliphatic carbocycles. The quantitative estimate of drug-likeness (QED) is 0.834. The third-order valence-electron chi connectivity index (χ3n) is 4.80. The molecule has 0 bridgehead atoms. The highest BCUT2D eigenvalue weighted by Gasteiger charge is 2.23. The highest BCUT2D eigenvalue weighted by molar-refractivity contribution is 5.95. The van der Waals surface area contributed by atoms with Crippen LogP contribution in [0, 0.1) is 12.7 Å². The van der Waals surface area contributed by atoms with Gasteiger partial charge in [-0.05, 0) is 61.4 Å². The number of methoxy groups -OCH3 is 1. The summed E-state index contributed by atoms with van der Waals surface area (Å²) < 4.78 is 18.3. The molecule has 27 heavy (non-hydrogen) atoms. The molecule has 3 rings (SSSR count). The van der Waals surface area contributed by atoms with Gasteiger partial charge in [0.25, 0.3) is 11.8 Å². The van der Waals surface area contributed by atoms with Gasteiger partial charge in [-0.15, -0.1) is 0 Å². The van der Waals surface area contributed by atoms with E-state index >= 15 is 0 Å². The second-order valence-corrected chi connectivity index (χ2v) is 6.63. The minimum atomic E-state index is -0.367. The molecular formula is C21H23FN2O3. The molecule has 0 N–H and O–H groups in total. The molecule has 1 fully saturated rings. The summed E-state index contributed by atoms with van der Waals surface area (Å²) in [4.78, 5) is 28.9. The monoisotopic (exact) mass is 370 g/mol. The summed E-state index contributed by atoms with van der Waals surface area (Å²) in [7, 11) is 1.60. The molecule has 2 aromatic carbocycles. The fourth-order valence-electron chi connectivity index (χ4n) is 3.29. The number of hydrogen-bond acceptors (Lipinski definition) is 3. The molecule has 0 saturated carbocycles. The van der Waals surface area contributed by atoms with E-state index in [-0.39, 0.29) is 17.6 Å². The van der Waals surface area contributed by atoms with Crippen molar-refractivity contribution in [2.75, 3.05) is 33.3 Å². The van der Waals surface area contributed by atoms with E-state index in [4.69, 9.17) is 4.74 Å². The molecule has 142 valence electrons. The van der Waals surface area contributed by atoms with Gasteiger partial charge in [-0.2, -0.15) is 0 Å². The summed E-state index contributed by atoms with van der Waals surface area (Å²) in [5, 5.41) is 0. The van der Waals surface area contributed by atoms with Crippen molar-refractivity contribution in [3.8, 4) is 5.75 Å². The lowest BCUT2D eigenvalue weighted by atomic mass is 10.1. The first-order valence-electron chi connectivity index (χ1n) is 8.98. The van der Waals surface area contributed by atoms with Crippen molar-refractivity contribution in [1.82, 2.24) is 9.80 Å². The maximum atomic E-state index is 13.1. The number of aryl methyl sites for hydroxylation is 1. The fraction of sp³-hybridized carbons (Fsp3) is 0.333. The molecule has 2 amide bonds. The number of hydrogen-bond donors (Lipinski definition) is 0. The Labute approximate surface area is 158 Å². The van der Waals surface area contributed by atoms with Crippen LogP contribution in [-0.4, -0.2) is 54.9 Å². The van der Waals surface area contributed by atoms with Crippen molar-refractivity contribution in [2.45, 2.75) is 13.3 Å². The Morgan fingerprint density at radius 3 is 2.00 bits per heavy atom. The second-order valence-electron chi connectivity index (χ2n) is 6.63. The van der Waals surface area contributed by atoms with Gasteiger partial charge >= 0.3 is 0 Å². The average Bonchev–Trinajstić information content (AvgIpc) is 2.93. The van der Waals surface area contributed by atoms with Crippen LogP contribution in [0.5, 0.6) is 5.75 Å². The molecule has 6 heteroatoms. The molecule has 1 saturated heterocycles. The molecule has 0 atom stereocenters. The number of amides is 2. The maximum absolute atomic E-state index is 13.1. The SMILES string of the molecule is COc1ccc(C(=O)N2CCCN(C(=O)c3ccc(F)cc3)CC2)cc1C. The lowest BCUT2D eigenvalue weighted by Crippen LogP contribution is -2.37. The molecule has 0 radical (unpaired) electrons. The van der Waals surface area contributed by atoms with Crippen LogP contribution in [0.3, 0.4) is 0 Å². The topological polar surface area (TPSA) is 49.9 Å². The highest BCUT2D eigenvalue weighted by atomic mass is 19.1. The molecule has 0 spiro atoms. The first-order chi connectivity index (χ1) is 13.0. The molecule has 1 heterocycles. The summed E-state index contributed by atoms with van der Waals surface area (Å²) in [6, 6.07) is 10.9. The van der Waals surface area contributed by atoms with Gasteiger partial charge in [0, 0.05) is 37.3 Å². The third-order valence-corrected chi connectivity index (χ3v) is 4.80. The Morgan fingerprint density at radius 1 is 0.889 bits per heavy atom. The Balaban J connectivity index is 1.67. The van der Waals surface area contributed by atoms with E-state index in [1.54, 1.807) is 29.0 Å². The van der Waals surface area contributed by atoms with Crippen LogP contribution in [-0.2, 0) is 0 Å². The zero-order valence-corrected chi connectivity index (χ0v) is 15.6. The summed E-state index contributed by atoms with van der Waals surface area (Å²) in [6.07, 6.45) is 0.702. The van der Waals surface area contributed by atoms with E-state index < -0.39 is 0 Å². The van der Waals surface area contributed by atoms with E-state index in [0.29, 0.717) is 43.7 Å². The van der Waals surface area contributed by atoms with Gasteiger partial charge in [-0.3, -0.25) is 9.59 Å². The summed E-state index contributed by atoms with van der Waals surface area (Å²) in [5.41, 5.74) is 1.99. The van der Waals surface area contributed by atoms with Crippen molar-refractivity contribution < 1.29 is 18.7 Å². The summed E-state index contributed by atoms with van der Waals surface area (Å²) in [6.45, 7) is 3.99. The number of carbonyl (C=O) groups is 2. The Kier molecular flexibility index (Phi) is 5.74. The highest BCUT2D eigenvalue weighted by Crippen LogP contribution is 2.20. The van der Waals surface area contributed by atoms with Crippen molar-refractivity contribution >= 4 is 11.8 Å². The van der Waals surface area contributed by atoms with Crippen LogP contribution in [0.2, 0.25) is 0 Å². The van der Waals surface area contributed by atoms with Crippen molar-refractivity contribution in [3.05, 3.63) is 65.0 Å². The predicted octanol–water partition coefficient (Wildman–Crippen LogP) is 3.13. The van der Waals surface area contributed by atoms with Crippen LogP contribution < -0.4 is 4.74 Å². The maximum Gasteiger partial charge on any atom is 0.253 e. The molecule has 0 aromatic heterocycles. The number of ether oxygens (including phenoxy) is 1. The second kappa shape index (κ2) is 8.20. The largest absolute Gasteiger partial charge is 0.496 e. The molecule has 1 aliphatic heterocycles. The normalized spacial score (nSPS) is 14.6. The molecule has 0 unspecified atom stereocenters. The van der Waals surface area contributed by atoms with Crippen molar-refractivity contribution in [1.29, 1.82) is 0 Å². The zero-order valence-electron chi connectivity index (χ0n) is 15.6. The van der Waals surface area contributed by atoms with Gasteiger partial charge in [0.1, 0.15) is 11.6 Å². The first kappa shape index (κ1) is 18.9. The lowest BCUT2D eigenvalue weighted by Gasteiger charge is -2.22. The Morgan fingerprint density at radius 2 is 1.44 bits per heavy atom. The minimum absolute atomic E-state index is 0.0446. The Bertz CT molecular complexity index is 836. The number of nitrogens with zero attached hydrogens (tertiary/aromatic N) is 2. The molecule has 2 aromatic rings. The van der Waals surface area contributed by atoms with Crippen LogP contribution in [0.25, 0.3) is 0 Å². The van der Waals surface area contributed by atoms with Gasteiger partial charge in [0.2, 0.25) is 0 Å². The molecular weight excluding hydrogens is 347 g/mol. The van der Waals surface area contributed by atoms with Crippen LogP contribution in [0.1, 0.15) is 32.7 Å². The predicted molar refractivity (Wildman–Crippen MR) is 101 cm³/mol. The van der Waals surface area contributed by atoms with E-state index in [1.807, 2.05) is 13.0 Å². The van der Waals surface area contributed by atoms with Crippen LogP contribution >= 0.6 is 0 Å². The van der Waals surface area contributed by atoms with Gasteiger partial charge in [0.15, 0.2) is 0 Å². The number of benzene rings is 2. The Hall–Kier alpha value is -2.89. The van der Waals surface area contributed by atoms with Crippen LogP contribution in [0.4, 0.5) is 4.39 Å². The first-order valence-corrected chi connectivity index (χ1v) is 8.98. The number of carbonyl (C=O) groups excluding carboxylic acids is 2. The van der Waals surface area contributed by atoms with Gasteiger partial charge in [-0.25, -0.2) is 4.39 Å². The smallest absolute Gasteiger partial charge is 0.253 e. The van der Waals surface area contributed by atoms with Crippen molar-refractivity contribution in [3.63, 3.8) is 0 Å². The summed E-state index contributed by atoms with van der Waals surface area (Å²) in [5.74, 6) is 0.203. The third kappa shape index (κ3) is 4.27. The van der Waals surface area contributed by atoms with E-state index in [0.717, 1.165) is 11.3 Å². The minimum Gasteiger partial charge on any atom is -0.496 e. The zero-order chi connectivity index (χ0) is 19.4. The van der Waals surface area contributed by atoms with E-state index in [2.05, 4.69) is 0 Å². The lowest BCUT2D eigenvalue weighted by molar-refractivity contribution is 0.0718. The van der Waals surface area contributed by atoms with Gasteiger partial charge < -0.3 is 14.5 Å². The molecule has 5 nitrogen and oxygen atoms in total. The fourth-order valence-corrected chi connectivity index (χ4v) is 3.29. The average molecular weight is 370 g/mol. The number of halogens is 1. The number of rotatable bonds is 3. The van der Waals surface area contributed by atoms with E-state index in [9.17, 15) is 14.0 Å². The van der Waals surface area contributed by atoms with Crippen LogP contribution in [0.15, 0.2) is 42.5 Å².